The van der Waals surface area contributed by atoms with Gasteiger partial charge in [0.15, 0.2) is 0 Å². The van der Waals surface area contributed by atoms with Gasteiger partial charge < -0.3 is 0 Å². The van der Waals surface area contributed by atoms with Gasteiger partial charge in [-0.1, -0.05) is 30.3 Å². The second kappa shape index (κ2) is 4.71. The third-order valence-corrected chi connectivity index (χ3v) is 2.23. The van der Waals surface area contributed by atoms with Crippen molar-refractivity contribution in [1.29, 1.82) is 0 Å². The summed E-state index contributed by atoms with van der Waals surface area (Å²) < 4.78 is 12.6. The summed E-state index contributed by atoms with van der Waals surface area (Å²) in [4.78, 5) is 4.05. The molecule has 1 radical (unpaired) electrons. The first kappa shape index (κ1) is 10.6. The van der Waals surface area contributed by atoms with Crippen LogP contribution in [0.25, 0.3) is 17.2 Å². The number of allylic oxidation sites excluding steroid dienone is 1. The van der Waals surface area contributed by atoms with Gasteiger partial charge in [0.2, 0.25) is 0 Å². The van der Waals surface area contributed by atoms with Crippen LogP contribution < -0.4 is 0 Å². The molecule has 0 aliphatic carbocycles. The van der Waals surface area contributed by atoms with Crippen molar-refractivity contribution in [3.63, 3.8) is 0 Å². The van der Waals surface area contributed by atoms with E-state index < -0.39 is 5.83 Å². The lowest BCUT2D eigenvalue weighted by Gasteiger charge is -2.01. The number of aromatic nitrogens is 1. The molecule has 1 aromatic heterocycles. The van der Waals surface area contributed by atoms with Crippen LogP contribution in [0.4, 0.5) is 4.39 Å². The maximum absolute atomic E-state index is 12.6. The van der Waals surface area contributed by atoms with Gasteiger partial charge >= 0.3 is 0 Å². The Balaban J connectivity index is 2.30. The Hall–Kier alpha value is -1.96. The largest absolute Gasteiger partial charge is 0.264 e. The van der Waals surface area contributed by atoms with Crippen LogP contribution in [0.1, 0.15) is 5.56 Å². The molecule has 1 aromatic carbocycles. The SMILES string of the molecule is [CH2]/C(F)=C/c1ccc(-c2cccnc2)cc1. The zero-order valence-corrected chi connectivity index (χ0v) is 8.73. The van der Waals surface area contributed by atoms with E-state index in [0.29, 0.717) is 0 Å². The molecule has 0 saturated carbocycles. The molecule has 2 rings (SSSR count). The monoisotopic (exact) mass is 212 g/mol. The summed E-state index contributed by atoms with van der Waals surface area (Å²) in [6, 6.07) is 11.5. The minimum atomic E-state index is -0.436. The maximum atomic E-state index is 12.6. The lowest BCUT2D eigenvalue weighted by Crippen LogP contribution is -1.79. The van der Waals surface area contributed by atoms with E-state index in [4.69, 9.17) is 0 Å². The molecule has 0 bridgehead atoms. The summed E-state index contributed by atoms with van der Waals surface area (Å²) in [6.45, 7) is 3.20. The first-order valence-electron chi connectivity index (χ1n) is 4.95. The van der Waals surface area contributed by atoms with Crippen molar-refractivity contribution in [2.45, 2.75) is 0 Å². The topological polar surface area (TPSA) is 12.9 Å². The third-order valence-electron chi connectivity index (χ3n) is 2.23. The van der Waals surface area contributed by atoms with Crippen LogP contribution in [-0.2, 0) is 0 Å². The van der Waals surface area contributed by atoms with Gasteiger partial charge in [-0.15, -0.1) is 0 Å². The normalized spacial score (nSPS) is 11.5. The lowest BCUT2D eigenvalue weighted by molar-refractivity contribution is 0.673. The Morgan fingerprint density at radius 3 is 2.44 bits per heavy atom. The summed E-state index contributed by atoms with van der Waals surface area (Å²) >= 11 is 0. The number of pyridine rings is 1. The van der Waals surface area contributed by atoms with Crippen LogP contribution in [-0.4, -0.2) is 4.98 Å². The number of benzene rings is 1. The van der Waals surface area contributed by atoms with Gasteiger partial charge in [0, 0.05) is 19.3 Å². The molecule has 2 heteroatoms. The Bertz CT molecular complexity index is 482. The number of hydrogen-bond donors (Lipinski definition) is 0. The van der Waals surface area contributed by atoms with Crippen LogP contribution in [0.3, 0.4) is 0 Å². The molecule has 0 amide bonds. The van der Waals surface area contributed by atoms with Gasteiger partial charge in [0.25, 0.3) is 0 Å². The highest BCUT2D eigenvalue weighted by Gasteiger charge is 1.96. The highest BCUT2D eigenvalue weighted by molar-refractivity contribution is 5.65. The van der Waals surface area contributed by atoms with E-state index in [1.54, 1.807) is 12.4 Å². The summed E-state index contributed by atoms with van der Waals surface area (Å²) in [5, 5.41) is 0. The number of hydrogen-bond acceptors (Lipinski definition) is 1. The summed E-state index contributed by atoms with van der Waals surface area (Å²) in [7, 11) is 0. The zero-order valence-electron chi connectivity index (χ0n) is 8.73. The molecule has 0 atom stereocenters. The number of rotatable bonds is 2. The second-order valence-electron chi connectivity index (χ2n) is 3.45. The molecular formula is C14H11FN. The van der Waals surface area contributed by atoms with Crippen LogP contribution in [0.2, 0.25) is 0 Å². The van der Waals surface area contributed by atoms with Gasteiger partial charge in [-0.25, -0.2) is 4.39 Å². The van der Waals surface area contributed by atoms with Gasteiger partial charge in [0.1, 0.15) is 5.83 Å². The average molecular weight is 212 g/mol. The second-order valence-corrected chi connectivity index (χ2v) is 3.45. The first-order chi connectivity index (χ1) is 7.75. The molecule has 79 valence electrons. The fourth-order valence-electron chi connectivity index (χ4n) is 1.49. The van der Waals surface area contributed by atoms with Gasteiger partial charge in [-0.05, 0) is 28.8 Å². The lowest BCUT2D eigenvalue weighted by atomic mass is 10.1. The fraction of sp³-hybridized carbons (Fsp3) is 0. The van der Waals surface area contributed by atoms with Crippen molar-refractivity contribution in [2.24, 2.45) is 0 Å². The number of halogens is 1. The number of nitrogens with zero attached hydrogens (tertiary/aromatic N) is 1. The van der Waals surface area contributed by atoms with E-state index in [0.717, 1.165) is 16.7 Å². The average Bonchev–Trinajstić information content (AvgIpc) is 2.30. The van der Waals surface area contributed by atoms with Gasteiger partial charge in [0.05, 0.1) is 0 Å². The first-order valence-corrected chi connectivity index (χ1v) is 4.95. The summed E-state index contributed by atoms with van der Waals surface area (Å²) in [6.07, 6.45) is 4.93. The summed E-state index contributed by atoms with van der Waals surface area (Å²) in [5.74, 6) is -0.436. The molecule has 0 aliphatic rings. The molecule has 0 aliphatic heterocycles. The van der Waals surface area contributed by atoms with Crippen LogP contribution in [0, 0.1) is 6.92 Å². The molecule has 1 nitrogen and oxygen atoms in total. The van der Waals surface area contributed by atoms with Crippen LogP contribution >= 0.6 is 0 Å². The summed E-state index contributed by atoms with van der Waals surface area (Å²) in [5.41, 5.74) is 2.92. The van der Waals surface area contributed by atoms with Crippen molar-refractivity contribution < 1.29 is 4.39 Å². The Morgan fingerprint density at radius 2 is 1.88 bits per heavy atom. The van der Waals surface area contributed by atoms with Crippen molar-refractivity contribution >= 4 is 6.08 Å². The molecule has 0 unspecified atom stereocenters. The molecule has 2 aromatic rings. The van der Waals surface area contributed by atoms with E-state index in [9.17, 15) is 4.39 Å². The Labute approximate surface area is 94.3 Å². The van der Waals surface area contributed by atoms with Crippen molar-refractivity contribution in [3.8, 4) is 11.1 Å². The Kier molecular flexibility index (Phi) is 3.10. The Morgan fingerprint density at radius 1 is 1.12 bits per heavy atom. The molecule has 0 fully saturated rings. The van der Waals surface area contributed by atoms with Crippen molar-refractivity contribution in [1.82, 2.24) is 4.98 Å². The molecule has 0 N–H and O–H groups in total. The van der Waals surface area contributed by atoms with E-state index >= 15 is 0 Å². The van der Waals surface area contributed by atoms with E-state index in [2.05, 4.69) is 11.9 Å². The molecule has 0 saturated heterocycles. The maximum Gasteiger partial charge on any atom is 0.101 e. The van der Waals surface area contributed by atoms with E-state index in [1.165, 1.54) is 6.08 Å². The van der Waals surface area contributed by atoms with Gasteiger partial charge in [-0.3, -0.25) is 4.98 Å². The highest BCUT2D eigenvalue weighted by Crippen LogP contribution is 2.19. The zero-order chi connectivity index (χ0) is 11.4. The predicted molar refractivity (Wildman–Crippen MR) is 64.1 cm³/mol. The van der Waals surface area contributed by atoms with E-state index in [-0.39, 0.29) is 0 Å². The minimum Gasteiger partial charge on any atom is -0.264 e. The van der Waals surface area contributed by atoms with Gasteiger partial charge in [-0.2, -0.15) is 0 Å². The molecule has 16 heavy (non-hydrogen) atoms. The quantitative estimate of drug-likeness (QED) is 0.735. The predicted octanol–water partition coefficient (Wildman–Crippen LogP) is 3.89. The standard InChI is InChI=1S/C14H11FN/c1-11(15)9-12-4-6-13(7-5-12)14-3-2-8-16-10-14/h2-10H,1H2/b11-9-. The van der Waals surface area contributed by atoms with Crippen molar-refractivity contribution in [2.75, 3.05) is 0 Å². The minimum absolute atomic E-state index is 0.436. The fourth-order valence-corrected chi connectivity index (χ4v) is 1.49. The van der Waals surface area contributed by atoms with E-state index in [1.807, 2.05) is 36.4 Å². The molecule has 0 spiro atoms. The smallest absolute Gasteiger partial charge is 0.101 e. The van der Waals surface area contributed by atoms with Crippen LogP contribution in [0.15, 0.2) is 54.6 Å². The van der Waals surface area contributed by atoms with Crippen LogP contribution in [0.5, 0.6) is 0 Å². The molecular weight excluding hydrogens is 201 g/mol. The molecule has 1 heterocycles. The highest BCUT2D eigenvalue weighted by atomic mass is 19.1. The third kappa shape index (κ3) is 2.54. The van der Waals surface area contributed by atoms with Crippen molar-refractivity contribution in [3.05, 3.63) is 67.1 Å².